The zero-order valence-electron chi connectivity index (χ0n) is 12.9. The van der Waals surface area contributed by atoms with Gasteiger partial charge in [0.1, 0.15) is 0 Å². The average molecular weight is 361 g/mol. The van der Waals surface area contributed by atoms with E-state index in [0.29, 0.717) is 18.2 Å². The van der Waals surface area contributed by atoms with Crippen molar-refractivity contribution in [2.24, 2.45) is 0 Å². The molecule has 0 aliphatic heterocycles. The molecule has 2 rings (SSSR count). The van der Waals surface area contributed by atoms with E-state index in [1.165, 1.54) is 19.1 Å². The van der Waals surface area contributed by atoms with Crippen molar-refractivity contribution in [3.8, 4) is 0 Å². The fourth-order valence-electron chi connectivity index (χ4n) is 2.29. The first-order valence-electron chi connectivity index (χ1n) is 6.83. The number of rotatable bonds is 4. The molecule has 0 N–H and O–H groups in total. The monoisotopic (exact) mass is 361 g/mol. The molecular formula is C16H15F4NO2S. The summed E-state index contributed by atoms with van der Waals surface area (Å²) in [7, 11) is -8.73. The number of hydrogen-bond donors (Lipinski definition) is 0. The molecule has 0 amide bonds. The van der Waals surface area contributed by atoms with Gasteiger partial charge in [0, 0.05) is 17.0 Å². The summed E-state index contributed by atoms with van der Waals surface area (Å²) in [5, 5.41) is 10.4. The van der Waals surface area contributed by atoms with E-state index >= 15 is 0 Å². The van der Waals surface area contributed by atoms with Gasteiger partial charge in [0.25, 0.3) is 5.69 Å². The van der Waals surface area contributed by atoms with E-state index in [4.69, 9.17) is 0 Å². The molecule has 0 aliphatic rings. The summed E-state index contributed by atoms with van der Waals surface area (Å²) >= 11 is 0. The van der Waals surface area contributed by atoms with Crippen molar-refractivity contribution in [3.63, 3.8) is 0 Å². The van der Waals surface area contributed by atoms with Crippen LogP contribution in [0.4, 0.5) is 21.2 Å². The van der Waals surface area contributed by atoms with Crippen LogP contribution < -0.4 is 0 Å². The summed E-state index contributed by atoms with van der Waals surface area (Å²) in [6.07, 6.45) is 0. The molecule has 0 saturated carbocycles. The van der Waals surface area contributed by atoms with Crippen LogP contribution in [0.5, 0.6) is 0 Å². The van der Waals surface area contributed by atoms with Gasteiger partial charge in [-0.3, -0.25) is 10.1 Å². The summed E-state index contributed by atoms with van der Waals surface area (Å²) in [4.78, 5) is 8.42. The smallest absolute Gasteiger partial charge is 0.258 e. The van der Waals surface area contributed by atoms with Gasteiger partial charge in [-0.15, -0.1) is 15.5 Å². The van der Waals surface area contributed by atoms with Gasteiger partial charge in [-0.05, 0) is 37.1 Å². The van der Waals surface area contributed by atoms with E-state index in [-0.39, 0.29) is 22.1 Å². The highest BCUT2D eigenvalue weighted by Crippen LogP contribution is 3.02. The molecule has 24 heavy (non-hydrogen) atoms. The normalized spacial score (nSPS) is 15.5. The molecule has 0 aliphatic carbocycles. The molecule has 3 nitrogen and oxygen atoms in total. The minimum absolute atomic E-state index is 0.242. The number of aryl methyl sites for hydroxylation is 1. The molecule has 0 heterocycles. The summed E-state index contributed by atoms with van der Waals surface area (Å²) in [5.41, 5.74) is -0.773. The van der Waals surface area contributed by atoms with Crippen LogP contribution in [-0.2, 0) is 0 Å². The van der Waals surface area contributed by atoms with Gasteiger partial charge in [-0.1, -0.05) is 30.3 Å². The third kappa shape index (κ3) is 3.59. The lowest BCUT2D eigenvalue weighted by atomic mass is 10.1. The fraction of sp³-hybridized carbons (Fsp3) is 0.125. The van der Waals surface area contributed by atoms with Crippen LogP contribution in [0.25, 0.3) is 5.57 Å². The predicted octanol–water partition coefficient (Wildman–Crippen LogP) is 6.74. The van der Waals surface area contributed by atoms with E-state index < -0.39 is 25.3 Å². The van der Waals surface area contributed by atoms with Crippen LogP contribution in [0.2, 0.25) is 0 Å². The summed E-state index contributed by atoms with van der Waals surface area (Å²) in [6.45, 7) is 2.31. The van der Waals surface area contributed by atoms with Gasteiger partial charge in [0.2, 0.25) is 9.84 Å². The van der Waals surface area contributed by atoms with Crippen LogP contribution in [-0.4, -0.2) is 4.92 Å². The van der Waals surface area contributed by atoms with E-state index in [1.807, 2.05) is 0 Å². The lowest BCUT2D eigenvalue weighted by molar-refractivity contribution is -0.385. The standard InChI is InChI=1S/C16H15F4NO2S/c1-12-10-15(8-9-16(12)21(22)23)24(17,18,19,20)11-13(2)14-6-4-3-5-7-14/h3-11H,1-2H3/b13-11-. The summed E-state index contributed by atoms with van der Waals surface area (Å²) < 4.78 is 58.1. The number of nitrogens with zero attached hydrogens (tertiary/aromatic N) is 1. The second kappa shape index (κ2) is 5.07. The van der Waals surface area contributed by atoms with Gasteiger partial charge >= 0.3 is 0 Å². The largest absolute Gasteiger partial charge is 0.272 e. The maximum absolute atomic E-state index is 14.5. The third-order valence-electron chi connectivity index (χ3n) is 3.50. The van der Waals surface area contributed by atoms with Crippen molar-refractivity contribution in [2.45, 2.75) is 18.7 Å². The Balaban J connectivity index is 2.63. The maximum Gasteiger partial charge on any atom is 0.272 e. The highest BCUT2D eigenvalue weighted by molar-refractivity contribution is 8.52. The Morgan fingerprint density at radius 1 is 1.08 bits per heavy atom. The van der Waals surface area contributed by atoms with Gasteiger partial charge in [0.05, 0.1) is 9.82 Å². The van der Waals surface area contributed by atoms with Crippen LogP contribution in [0.1, 0.15) is 18.1 Å². The zero-order valence-corrected chi connectivity index (χ0v) is 13.7. The number of halogens is 4. The molecule has 0 unspecified atom stereocenters. The number of allylic oxidation sites excluding steroid dienone is 1. The number of nitro benzene ring substituents is 1. The lowest BCUT2D eigenvalue weighted by Crippen LogP contribution is -2.11. The molecule has 2 aromatic rings. The number of nitro groups is 1. The summed E-state index contributed by atoms with van der Waals surface area (Å²) in [5.74, 6) is 0. The van der Waals surface area contributed by atoms with Crippen molar-refractivity contribution >= 4 is 21.1 Å². The van der Waals surface area contributed by atoms with Crippen LogP contribution in [0.3, 0.4) is 0 Å². The second-order valence-corrected chi connectivity index (χ2v) is 8.48. The highest BCUT2D eigenvalue weighted by atomic mass is 32.5. The third-order valence-corrected chi connectivity index (χ3v) is 5.57. The SMILES string of the molecule is C/C(=C/S(F)(F)(F)(F)c1ccc([N+](=O)[O-])c(C)c1)c1ccccc1. The van der Waals surface area contributed by atoms with Crippen molar-refractivity contribution in [1.29, 1.82) is 0 Å². The average Bonchev–Trinajstić information content (AvgIpc) is 2.46. The Morgan fingerprint density at radius 3 is 2.17 bits per heavy atom. The molecule has 130 valence electrons. The molecule has 0 saturated heterocycles. The topological polar surface area (TPSA) is 43.1 Å². The molecule has 8 heteroatoms. The highest BCUT2D eigenvalue weighted by Gasteiger charge is 2.62. The van der Waals surface area contributed by atoms with Gasteiger partial charge in [-0.25, -0.2) is 0 Å². The molecule has 0 radical (unpaired) electrons. The van der Waals surface area contributed by atoms with E-state index in [9.17, 15) is 25.7 Å². The minimum atomic E-state index is -8.73. The van der Waals surface area contributed by atoms with E-state index in [1.54, 1.807) is 18.2 Å². The maximum atomic E-state index is 14.5. The quantitative estimate of drug-likeness (QED) is 0.344. The Labute approximate surface area is 136 Å². The van der Waals surface area contributed by atoms with Crippen molar-refractivity contribution in [1.82, 2.24) is 0 Å². The van der Waals surface area contributed by atoms with Crippen molar-refractivity contribution < 1.29 is 20.5 Å². The van der Waals surface area contributed by atoms with E-state index in [2.05, 4.69) is 0 Å². The van der Waals surface area contributed by atoms with Gasteiger partial charge < -0.3 is 0 Å². The number of benzene rings is 2. The molecule has 0 fully saturated rings. The fourth-order valence-corrected chi connectivity index (χ4v) is 4.05. The van der Waals surface area contributed by atoms with Crippen LogP contribution in [0.15, 0.2) is 58.8 Å². The predicted molar refractivity (Wildman–Crippen MR) is 88.2 cm³/mol. The van der Waals surface area contributed by atoms with Gasteiger partial charge in [-0.2, -0.15) is 0 Å². The minimum Gasteiger partial charge on any atom is -0.258 e. The Hall–Kier alpha value is -2.35. The first kappa shape index (κ1) is 18.0. The molecule has 0 bridgehead atoms. The first-order valence-corrected chi connectivity index (χ1v) is 8.95. The van der Waals surface area contributed by atoms with Crippen molar-refractivity contribution in [3.05, 3.63) is 75.2 Å². The Bertz CT molecular complexity index is 844. The van der Waals surface area contributed by atoms with Crippen LogP contribution >= 0.6 is 9.84 Å². The summed E-state index contributed by atoms with van der Waals surface area (Å²) in [6, 6.07) is 9.21. The lowest BCUT2D eigenvalue weighted by Gasteiger charge is -2.47. The van der Waals surface area contributed by atoms with Gasteiger partial charge in [0.15, 0.2) is 0 Å². The van der Waals surface area contributed by atoms with Crippen molar-refractivity contribution in [2.75, 3.05) is 0 Å². The molecule has 0 spiro atoms. The first-order chi connectivity index (χ1) is 10.8. The van der Waals surface area contributed by atoms with E-state index in [0.717, 1.165) is 6.92 Å². The molecular weight excluding hydrogens is 346 g/mol. The molecule has 0 atom stereocenters. The molecule has 0 aromatic heterocycles. The Morgan fingerprint density at radius 2 is 1.67 bits per heavy atom. The van der Waals surface area contributed by atoms with Crippen LogP contribution in [0, 0.1) is 17.0 Å². The molecule has 2 aromatic carbocycles. The number of hydrogen-bond acceptors (Lipinski definition) is 2. The Kier molecular flexibility index (Phi) is 3.80. The zero-order chi connectivity index (χ0) is 18.2. The second-order valence-electron chi connectivity index (χ2n) is 5.51.